The maximum absolute atomic E-state index is 13.8. The fourth-order valence-electron chi connectivity index (χ4n) is 6.14. The van der Waals surface area contributed by atoms with Gasteiger partial charge in [-0.25, -0.2) is 4.90 Å². The van der Waals surface area contributed by atoms with Gasteiger partial charge in [-0.3, -0.25) is 9.59 Å². The predicted octanol–water partition coefficient (Wildman–Crippen LogP) is 5.69. The van der Waals surface area contributed by atoms with E-state index in [0.29, 0.717) is 5.69 Å². The monoisotopic (exact) mass is 421 g/mol. The minimum atomic E-state index is -0.341. The molecule has 4 atom stereocenters. The lowest BCUT2D eigenvalue weighted by Gasteiger charge is -2.46. The molecule has 0 spiro atoms. The smallest absolute Gasteiger partial charge is 0.238 e. The van der Waals surface area contributed by atoms with Crippen molar-refractivity contribution in [2.75, 3.05) is 4.90 Å². The molecule has 2 bridgehead atoms. The minimum Gasteiger partial charge on any atom is -0.274 e. The lowest BCUT2D eigenvalue weighted by molar-refractivity contribution is -0.122. The van der Waals surface area contributed by atoms with Crippen LogP contribution in [0.1, 0.15) is 66.0 Å². The van der Waals surface area contributed by atoms with Gasteiger partial charge in [0.15, 0.2) is 0 Å². The summed E-state index contributed by atoms with van der Waals surface area (Å²) >= 11 is 0. The van der Waals surface area contributed by atoms with Crippen LogP contribution < -0.4 is 4.90 Å². The van der Waals surface area contributed by atoms with E-state index in [9.17, 15) is 9.59 Å². The Balaban J connectivity index is 1.56. The van der Waals surface area contributed by atoms with Gasteiger partial charge in [-0.05, 0) is 52.3 Å². The van der Waals surface area contributed by atoms with Crippen LogP contribution in [-0.2, 0) is 15.0 Å². The highest BCUT2D eigenvalue weighted by Crippen LogP contribution is 2.61. The number of benzene rings is 3. The van der Waals surface area contributed by atoms with E-state index in [1.807, 2.05) is 31.2 Å². The molecule has 0 N–H and O–H groups in total. The van der Waals surface area contributed by atoms with Crippen molar-refractivity contribution in [3.63, 3.8) is 0 Å². The van der Waals surface area contributed by atoms with Gasteiger partial charge < -0.3 is 0 Å². The molecule has 32 heavy (non-hydrogen) atoms. The normalized spacial score (nSPS) is 25.6. The number of anilines is 1. The highest BCUT2D eigenvalue weighted by molar-refractivity contribution is 6.23. The third kappa shape index (κ3) is 2.48. The van der Waals surface area contributed by atoms with Crippen LogP contribution in [0.3, 0.4) is 0 Å². The first-order chi connectivity index (χ1) is 15.3. The van der Waals surface area contributed by atoms with Gasteiger partial charge in [0.1, 0.15) is 0 Å². The number of carbonyl (C=O) groups excluding carboxylic acids is 2. The lowest BCUT2D eigenvalue weighted by atomic mass is 9.54. The number of imide groups is 1. The molecule has 1 heterocycles. The first-order valence-corrected chi connectivity index (χ1v) is 11.4. The van der Waals surface area contributed by atoms with Crippen LogP contribution in [0.2, 0.25) is 0 Å². The molecule has 3 aromatic rings. The van der Waals surface area contributed by atoms with Gasteiger partial charge in [-0.1, -0.05) is 80.9 Å². The Bertz CT molecular complexity index is 1280. The van der Waals surface area contributed by atoms with Gasteiger partial charge in [0.05, 0.1) is 17.5 Å². The number of hydrogen-bond donors (Lipinski definition) is 0. The Morgan fingerprint density at radius 1 is 0.688 bits per heavy atom. The Hall–Kier alpha value is -3.20. The molecule has 3 aliphatic carbocycles. The van der Waals surface area contributed by atoms with Gasteiger partial charge in [0.2, 0.25) is 11.8 Å². The summed E-state index contributed by atoms with van der Waals surface area (Å²) < 4.78 is 0. The molecule has 1 saturated heterocycles. The molecule has 0 unspecified atom stereocenters. The lowest BCUT2D eigenvalue weighted by Crippen LogP contribution is -2.41. The van der Waals surface area contributed by atoms with Crippen molar-refractivity contribution in [1.82, 2.24) is 0 Å². The number of aryl methyl sites for hydroxylation is 1. The highest BCUT2D eigenvalue weighted by atomic mass is 16.2. The second kappa shape index (κ2) is 6.41. The number of amides is 2. The summed E-state index contributed by atoms with van der Waals surface area (Å²) in [5, 5.41) is 0. The summed E-state index contributed by atoms with van der Waals surface area (Å²) in [5.74, 6) is -0.940. The molecule has 3 aromatic carbocycles. The maximum atomic E-state index is 13.8. The maximum Gasteiger partial charge on any atom is 0.238 e. The summed E-state index contributed by atoms with van der Waals surface area (Å²) in [7, 11) is 0. The standard InChI is InChI=1S/C29H27NO2/c1-16-9-12-18(13-10-16)30-27(31)25-23-19-7-5-6-8-20(19)24(26(25)28(30)32)22-15-17(29(2,3)4)11-14-21(22)23/h5-15,23-26H,1-4H3/t23-,24-,25-,26-/m1/s1. The molecule has 7 rings (SSSR count). The minimum absolute atomic E-state index is 0.0219. The van der Waals surface area contributed by atoms with E-state index in [1.165, 1.54) is 32.7 Å². The highest BCUT2D eigenvalue weighted by Gasteiger charge is 2.61. The Morgan fingerprint density at radius 3 is 1.78 bits per heavy atom. The third-order valence-electron chi connectivity index (χ3n) is 7.70. The number of nitrogens with zero attached hydrogens (tertiary/aromatic N) is 1. The summed E-state index contributed by atoms with van der Waals surface area (Å²) in [5.41, 5.74) is 7.96. The van der Waals surface area contributed by atoms with Crippen LogP contribution in [-0.4, -0.2) is 11.8 Å². The van der Waals surface area contributed by atoms with E-state index >= 15 is 0 Å². The molecule has 4 aliphatic rings. The van der Waals surface area contributed by atoms with Crippen LogP contribution in [0.4, 0.5) is 5.69 Å². The number of rotatable bonds is 1. The molecule has 1 fully saturated rings. The average Bonchev–Trinajstić information content (AvgIpc) is 3.04. The molecular weight excluding hydrogens is 394 g/mol. The Kier molecular flexibility index (Phi) is 3.90. The summed E-state index contributed by atoms with van der Waals surface area (Å²) in [4.78, 5) is 29.1. The molecule has 0 saturated carbocycles. The van der Waals surface area contributed by atoms with E-state index in [2.05, 4.69) is 63.2 Å². The van der Waals surface area contributed by atoms with Gasteiger partial charge in [-0.15, -0.1) is 0 Å². The van der Waals surface area contributed by atoms with Crippen molar-refractivity contribution in [1.29, 1.82) is 0 Å². The van der Waals surface area contributed by atoms with Gasteiger partial charge in [-0.2, -0.15) is 0 Å². The van der Waals surface area contributed by atoms with Crippen molar-refractivity contribution in [3.8, 4) is 0 Å². The van der Waals surface area contributed by atoms with Crippen LogP contribution in [0.25, 0.3) is 0 Å². The van der Waals surface area contributed by atoms with Gasteiger partial charge in [0, 0.05) is 11.8 Å². The molecule has 3 nitrogen and oxygen atoms in total. The van der Waals surface area contributed by atoms with Crippen LogP contribution in [0.5, 0.6) is 0 Å². The molecular formula is C29H27NO2. The molecule has 1 aliphatic heterocycles. The van der Waals surface area contributed by atoms with Crippen molar-refractivity contribution < 1.29 is 9.59 Å². The fraction of sp³-hybridized carbons (Fsp3) is 0.310. The molecule has 160 valence electrons. The van der Waals surface area contributed by atoms with Crippen molar-refractivity contribution in [3.05, 3.63) is 100 Å². The van der Waals surface area contributed by atoms with Crippen molar-refractivity contribution in [2.24, 2.45) is 11.8 Å². The van der Waals surface area contributed by atoms with Crippen LogP contribution >= 0.6 is 0 Å². The van der Waals surface area contributed by atoms with E-state index in [-0.39, 0.29) is 40.9 Å². The second-order valence-corrected chi connectivity index (χ2v) is 10.6. The molecule has 0 radical (unpaired) electrons. The topological polar surface area (TPSA) is 37.4 Å². The third-order valence-corrected chi connectivity index (χ3v) is 7.70. The van der Waals surface area contributed by atoms with Crippen LogP contribution in [0.15, 0.2) is 66.7 Å². The average molecular weight is 422 g/mol. The van der Waals surface area contributed by atoms with E-state index < -0.39 is 0 Å². The Labute approximate surface area is 189 Å². The van der Waals surface area contributed by atoms with E-state index in [0.717, 1.165) is 5.56 Å². The van der Waals surface area contributed by atoms with Crippen molar-refractivity contribution in [2.45, 2.75) is 44.9 Å². The fourth-order valence-corrected chi connectivity index (χ4v) is 6.14. The zero-order valence-corrected chi connectivity index (χ0v) is 18.9. The quantitative estimate of drug-likeness (QED) is 0.474. The Morgan fingerprint density at radius 2 is 1.22 bits per heavy atom. The van der Waals surface area contributed by atoms with Gasteiger partial charge in [0.25, 0.3) is 0 Å². The first kappa shape index (κ1) is 19.5. The van der Waals surface area contributed by atoms with Crippen LogP contribution in [0, 0.1) is 18.8 Å². The van der Waals surface area contributed by atoms with E-state index in [1.54, 1.807) is 0 Å². The zero-order chi connectivity index (χ0) is 22.4. The summed E-state index contributed by atoms with van der Waals surface area (Å²) in [6, 6.07) is 22.8. The SMILES string of the molecule is Cc1ccc(N2C(=O)[C@@H]3[C@@H]4c5ccccc5[C@H](c5cc(C(C)(C)C)ccc54)[C@H]3C2=O)cc1. The molecule has 0 aromatic heterocycles. The first-order valence-electron chi connectivity index (χ1n) is 11.4. The molecule has 3 heteroatoms. The number of carbonyl (C=O) groups is 2. The zero-order valence-electron chi connectivity index (χ0n) is 18.9. The van der Waals surface area contributed by atoms with Gasteiger partial charge >= 0.3 is 0 Å². The van der Waals surface area contributed by atoms with E-state index in [4.69, 9.17) is 0 Å². The summed E-state index contributed by atoms with van der Waals surface area (Å²) in [6.45, 7) is 8.67. The van der Waals surface area contributed by atoms with Crippen molar-refractivity contribution >= 4 is 17.5 Å². The molecule has 2 amide bonds. The largest absolute Gasteiger partial charge is 0.274 e. The predicted molar refractivity (Wildman–Crippen MR) is 126 cm³/mol. The second-order valence-electron chi connectivity index (χ2n) is 10.6. The summed E-state index contributed by atoms with van der Waals surface area (Å²) in [6.07, 6.45) is 0. The number of hydrogen-bond acceptors (Lipinski definition) is 2.